The van der Waals surface area contributed by atoms with Crippen molar-refractivity contribution < 1.29 is 31.1 Å². The fourth-order valence-electron chi connectivity index (χ4n) is 1.71. The minimum atomic E-state index is -5.67. The van der Waals surface area contributed by atoms with Crippen LogP contribution in [0.4, 0.5) is 26.3 Å². The van der Waals surface area contributed by atoms with Crippen molar-refractivity contribution in [1.29, 1.82) is 0 Å². The number of amides is 1. The predicted octanol–water partition coefficient (Wildman–Crippen LogP) is 3.00. The molecule has 0 aromatic carbocycles. The van der Waals surface area contributed by atoms with Crippen molar-refractivity contribution in [3.05, 3.63) is 0 Å². The summed E-state index contributed by atoms with van der Waals surface area (Å²) in [5.74, 6) is -6.30. The van der Waals surface area contributed by atoms with Crippen LogP contribution in [0.1, 0.15) is 19.3 Å². The summed E-state index contributed by atoms with van der Waals surface area (Å²) in [6.07, 6.45) is -10.2. The van der Waals surface area contributed by atoms with Crippen LogP contribution in [-0.4, -0.2) is 29.7 Å². The minimum absolute atomic E-state index is 0.207. The zero-order valence-corrected chi connectivity index (χ0v) is 9.72. The molecule has 106 valence electrons. The van der Waals surface area contributed by atoms with Crippen molar-refractivity contribution in [3.8, 4) is 0 Å². The third-order valence-corrected chi connectivity index (χ3v) is 3.38. The van der Waals surface area contributed by atoms with Gasteiger partial charge in [-0.15, -0.1) is 11.6 Å². The Morgan fingerprint density at radius 2 is 1.61 bits per heavy atom. The minimum Gasteiger partial charge on any atom is -0.349 e. The van der Waals surface area contributed by atoms with Gasteiger partial charge in [0.2, 0.25) is 11.8 Å². The lowest BCUT2D eigenvalue weighted by Gasteiger charge is -2.42. The predicted molar refractivity (Wildman–Crippen MR) is 51.0 cm³/mol. The Morgan fingerprint density at radius 3 is 1.83 bits per heavy atom. The molecule has 0 atom stereocenters. The Bertz CT molecular complexity index is 302. The van der Waals surface area contributed by atoms with Crippen molar-refractivity contribution in [2.24, 2.45) is 5.92 Å². The second-order valence-electron chi connectivity index (χ2n) is 4.27. The molecule has 2 nitrogen and oxygen atoms in total. The third kappa shape index (κ3) is 3.21. The van der Waals surface area contributed by atoms with E-state index in [2.05, 4.69) is 0 Å². The van der Waals surface area contributed by atoms with Gasteiger partial charge in [0.05, 0.1) is 5.54 Å². The Balaban J connectivity index is 2.84. The Morgan fingerprint density at radius 1 is 1.17 bits per heavy atom. The molecule has 1 amide bonds. The van der Waals surface area contributed by atoms with Gasteiger partial charge in [0.15, 0.2) is 0 Å². The normalized spacial score (nSPS) is 19.6. The lowest BCUT2D eigenvalue weighted by atomic mass is 9.78. The van der Waals surface area contributed by atoms with Crippen LogP contribution in [0, 0.1) is 5.92 Å². The lowest BCUT2D eigenvalue weighted by Crippen LogP contribution is -2.59. The Kier molecular flexibility index (Phi) is 4.10. The van der Waals surface area contributed by atoms with E-state index in [0.717, 1.165) is 0 Å². The van der Waals surface area contributed by atoms with Gasteiger partial charge in [0.1, 0.15) is 0 Å². The highest BCUT2D eigenvalue weighted by molar-refractivity contribution is 6.18. The van der Waals surface area contributed by atoms with Crippen molar-refractivity contribution >= 4 is 17.5 Å². The molecule has 0 saturated heterocycles. The summed E-state index contributed by atoms with van der Waals surface area (Å²) >= 11 is 5.46. The molecule has 18 heavy (non-hydrogen) atoms. The molecule has 1 aliphatic rings. The van der Waals surface area contributed by atoms with E-state index in [0.29, 0.717) is 6.42 Å². The second-order valence-corrected chi connectivity index (χ2v) is 4.54. The fraction of sp³-hybridized carbons (Fsp3) is 0.889. The van der Waals surface area contributed by atoms with E-state index >= 15 is 0 Å². The summed E-state index contributed by atoms with van der Waals surface area (Å²) in [5.41, 5.74) is -1.13. The molecule has 0 radical (unpaired) electrons. The summed E-state index contributed by atoms with van der Waals surface area (Å²) in [5, 5.41) is 1.78. The lowest BCUT2D eigenvalue weighted by molar-refractivity contribution is -0.274. The maximum Gasteiger partial charge on any atom is 0.409 e. The first kappa shape index (κ1) is 15.4. The van der Waals surface area contributed by atoms with Gasteiger partial charge in [-0.3, -0.25) is 4.79 Å². The first-order valence-electron chi connectivity index (χ1n) is 5.03. The number of hydrogen-bond donors (Lipinski definition) is 1. The number of hydrogen-bond acceptors (Lipinski definition) is 1. The third-order valence-electron chi connectivity index (χ3n) is 2.87. The molecule has 0 aliphatic heterocycles. The van der Waals surface area contributed by atoms with Gasteiger partial charge in [-0.05, 0) is 19.3 Å². The maximum atomic E-state index is 12.3. The van der Waals surface area contributed by atoms with Gasteiger partial charge in [-0.1, -0.05) is 0 Å². The van der Waals surface area contributed by atoms with Crippen LogP contribution in [0.25, 0.3) is 0 Å². The molecule has 0 aromatic heterocycles. The topological polar surface area (TPSA) is 29.1 Å². The zero-order valence-electron chi connectivity index (χ0n) is 8.96. The van der Waals surface area contributed by atoms with Gasteiger partial charge in [-0.25, -0.2) is 0 Å². The Labute approximate surface area is 104 Å². The molecular weight excluding hydrogens is 288 g/mol. The van der Waals surface area contributed by atoms with Gasteiger partial charge in [0, 0.05) is 5.88 Å². The van der Waals surface area contributed by atoms with E-state index in [9.17, 15) is 31.1 Å². The number of halogens is 7. The highest BCUT2D eigenvalue weighted by Crippen LogP contribution is 2.41. The number of nitrogens with one attached hydrogen (secondary N) is 1. The average Bonchev–Trinajstić information content (AvgIpc) is 2.06. The SMILES string of the molecule is O=C(NC1(CCl)CCC1)C(C(F)(F)F)C(F)(F)F. The van der Waals surface area contributed by atoms with Crippen molar-refractivity contribution in [2.75, 3.05) is 5.88 Å². The molecule has 9 heteroatoms. The fourth-order valence-corrected chi connectivity index (χ4v) is 2.05. The number of rotatable bonds is 3. The molecule has 1 fully saturated rings. The van der Waals surface area contributed by atoms with Gasteiger partial charge in [0.25, 0.3) is 0 Å². The Hall–Kier alpha value is -0.660. The number of carbonyl (C=O) groups excluding carboxylic acids is 1. The van der Waals surface area contributed by atoms with Crippen LogP contribution in [0.3, 0.4) is 0 Å². The van der Waals surface area contributed by atoms with E-state index in [-0.39, 0.29) is 18.7 Å². The van der Waals surface area contributed by atoms with Crippen LogP contribution in [0.2, 0.25) is 0 Å². The summed E-state index contributed by atoms with van der Waals surface area (Å²) in [6, 6.07) is 0. The highest BCUT2D eigenvalue weighted by atomic mass is 35.5. The molecule has 0 spiro atoms. The van der Waals surface area contributed by atoms with Gasteiger partial charge >= 0.3 is 12.4 Å². The van der Waals surface area contributed by atoms with Crippen LogP contribution in [0.5, 0.6) is 0 Å². The average molecular weight is 298 g/mol. The van der Waals surface area contributed by atoms with Gasteiger partial charge < -0.3 is 5.32 Å². The molecule has 1 rings (SSSR count). The molecule has 1 saturated carbocycles. The van der Waals surface area contributed by atoms with Crippen molar-refractivity contribution in [1.82, 2.24) is 5.32 Å². The monoisotopic (exact) mass is 297 g/mol. The van der Waals surface area contributed by atoms with Crippen LogP contribution >= 0.6 is 11.6 Å². The van der Waals surface area contributed by atoms with Crippen LogP contribution in [-0.2, 0) is 4.79 Å². The van der Waals surface area contributed by atoms with Crippen molar-refractivity contribution in [3.63, 3.8) is 0 Å². The van der Waals surface area contributed by atoms with E-state index in [1.807, 2.05) is 0 Å². The largest absolute Gasteiger partial charge is 0.409 e. The smallest absolute Gasteiger partial charge is 0.349 e. The molecule has 1 N–H and O–H groups in total. The first-order chi connectivity index (χ1) is 8.02. The summed E-state index contributed by atoms with van der Waals surface area (Å²) in [7, 11) is 0. The summed E-state index contributed by atoms with van der Waals surface area (Å²) in [6.45, 7) is 0. The molecule has 0 bridgehead atoms. The highest BCUT2D eigenvalue weighted by Gasteiger charge is 2.62. The molecule has 1 aliphatic carbocycles. The summed E-state index contributed by atoms with van der Waals surface area (Å²) < 4.78 is 73.5. The van der Waals surface area contributed by atoms with E-state index in [1.54, 1.807) is 5.32 Å². The van der Waals surface area contributed by atoms with Gasteiger partial charge in [-0.2, -0.15) is 26.3 Å². The van der Waals surface area contributed by atoms with E-state index < -0.39 is 29.7 Å². The number of carbonyl (C=O) groups is 1. The zero-order chi connectivity index (χ0) is 14.2. The van der Waals surface area contributed by atoms with Crippen LogP contribution in [0.15, 0.2) is 0 Å². The first-order valence-corrected chi connectivity index (χ1v) is 5.57. The molecular formula is C9H10ClF6NO. The standard InChI is InChI=1S/C9H10ClF6NO/c10-4-7(2-1-3-7)17-6(18)5(8(11,12)13)9(14,15)16/h5H,1-4H2,(H,17,18). The number of alkyl halides is 7. The second kappa shape index (κ2) is 4.79. The van der Waals surface area contributed by atoms with Crippen molar-refractivity contribution in [2.45, 2.75) is 37.2 Å². The molecule has 0 heterocycles. The van der Waals surface area contributed by atoms with Crippen LogP contribution < -0.4 is 5.32 Å². The van der Waals surface area contributed by atoms with E-state index in [1.165, 1.54) is 0 Å². The quantitative estimate of drug-likeness (QED) is 0.630. The molecule has 0 aromatic rings. The summed E-state index contributed by atoms with van der Waals surface area (Å²) in [4.78, 5) is 11.2. The van der Waals surface area contributed by atoms with E-state index in [4.69, 9.17) is 11.6 Å². The molecule has 0 unspecified atom stereocenters. The maximum absolute atomic E-state index is 12.3.